The highest BCUT2D eigenvalue weighted by Crippen LogP contribution is 2.21. The number of aliphatic hydroxyl groups is 1. The minimum Gasteiger partial charge on any atom is -0.396 e. The highest BCUT2D eigenvalue weighted by molar-refractivity contribution is 9.10. The molecule has 0 fully saturated rings. The summed E-state index contributed by atoms with van der Waals surface area (Å²) in [5.41, 5.74) is 1.03. The van der Waals surface area contributed by atoms with E-state index in [1.54, 1.807) is 12.1 Å². The molecule has 0 saturated heterocycles. The van der Waals surface area contributed by atoms with Crippen molar-refractivity contribution in [1.82, 2.24) is 5.32 Å². The zero-order valence-corrected chi connectivity index (χ0v) is 11.1. The molecule has 16 heavy (non-hydrogen) atoms. The van der Waals surface area contributed by atoms with Crippen LogP contribution in [0.5, 0.6) is 0 Å². The smallest absolute Gasteiger partial charge is 0.137 e. The van der Waals surface area contributed by atoms with Crippen LogP contribution in [0.4, 0.5) is 4.39 Å². The number of hydrogen-bond donors (Lipinski definition) is 2. The summed E-state index contributed by atoms with van der Waals surface area (Å²) in [5, 5.41) is 12.2. The van der Waals surface area contributed by atoms with Crippen molar-refractivity contribution in [3.63, 3.8) is 0 Å². The van der Waals surface area contributed by atoms with Crippen molar-refractivity contribution in [2.24, 2.45) is 5.92 Å². The number of halogens is 2. The highest BCUT2D eigenvalue weighted by atomic mass is 79.9. The molecule has 2 nitrogen and oxygen atoms in total. The first-order valence-corrected chi connectivity index (χ1v) is 6.13. The first-order chi connectivity index (χ1) is 7.54. The lowest BCUT2D eigenvalue weighted by Crippen LogP contribution is -2.26. The van der Waals surface area contributed by atoms with Gasteiger partial charge < -0.3 is 10.4 Å². The second-order valence-electron chi connectivity index (χ2n) is 4.09. The van der Waals surface area contributed by atoms with E-state index in [9.17, 15) is 4.39 Å². The Morgan fingerprint density at radius 2 is 2.12 bits per heavy atom. The molecule has 1 rings (SSSR count). The fraction of sp³-hybridized carbons (Fsp3) is 0.500. The summed E-state index contributed by atoms with van der Waals surface area (Å²) in [7, 11) is 0. The third-order valence-electron chi connectivity index (χ3n) is 2.53. The van der Waals surface area contributed by atoms with Gasteiger partial charge in [0.25, 0.3) is 0 Å². The van der Waals surface area contributed by atoms with Gasteiger partial charge in [0.1, 0.15) is 5.82 Å². The molecule has 0 aliphatic rings. The summed E-state index contributed by atoms with van der Waals surface area (Å²) < 4.78 is 13.5. The molecule has 0 bridgehead atoms. The van der Waals surface area contributed by atoms with Crippen molar-refractivity contribution < 1.29 is 9.50 Å². The monoisotopic (exact) mass is 289 g/mol. The van der Waals surface area contributed by atoms with Gasteiger partial charge in [0.15, 0.2) is 0 Å². The van der Waals surface area contributed by atoms with Gasteiger partial charge in [-0.2, -0.15) is 0 Å². The average Bonchev–Trinajstić information content (AvgIpc) is 2.29. The van der Waals surface area contributed by atoms with Gasteiger partial charge in [-0.05, 0) is 46.5 Å². The van der Waals surface area contributed by atoms with Crippen LogP contribution >= 0.6 is 15.9 Å². The van der Waals surface area contributed by atoms with E-state index in [2.05, 4.69) is 21.2 Å². The molecule has 2 N–H and O–H groups in total. The van der Waals surface area contributed by atoms with Gasteiger partial charge in [0.05, 0.1) is 4.47 Å². The average molecular weight is 290 g/mol. The molecular formula is C12H17BrFNO. The lowest BCUT2D eigenvalue weighted by atomic mass is 10.1. The van der Waals surface area contributed by atoms with Crippen molar-refractivity contribution in [2.45, 2.75) is 19.9 Å². The molecule has 1 aromatic carbocycles. The predicted molar refractivity (Wildman–Crippen MR) is 66.8 cm³/mol. The molecule has 2 unspecified atom stereocenters. The fourth-order valence-corrected chi connectivity index (χ4v) is 1.74. The number of nitrogens with one attached hydrogen (secondary N) is 1. The molecular weight excluding hydrogens is 273 g/mol. The van der Waals surface area contributed by atoms with Crippen LogP contribution in [-0.4, -0.2) is 18.3 Å². The summed E-state index contributed by atoms with van der Waals surface area (Å²) in [6.45, 7) is 4.91. The number of benzene rings is 1. The zero-order valence-electron chi connectivity index (χ0n) is 9.50. The maximum absolute atomic E-state index is 13.0. The summed E-state index contributed by atoms with van der Waals surface area (Å²) >= 11 is 3.17. The van der Waals surface area contributed by atoms with Crippen LogP contribution in [0.15, 0.2) is 22.7 Å². The third kappa shape index (κ3) is 3.85. The molecule has 0 aromatic heterocycles. The molecule has 4 heteroatoms. The molecule has 0 spiro atoms. The van der Waals surface area contributed by atoms with Gasteiger partial charge in [-0.15, -0.1) is 0 Å². The van der Waals surface area contributed by atoms with Crippen molar-refractivity contribution >= 4 is 15.9 Å². The Labute approximate surface area is 104 Å². The standard InChI is InChI=1S/C12H17BrFNO/c1-8(7-16)6-15-9(2)10-3-4-12(14)11(13)5-10/h3-5,8-9,15-16H,6-7H2,1-2H3. The Morgan fingerprint density at radius 1 is 1.44 bits per heavy atom. The van der Waals surface area contributed by atoms with E-state index < -0.39 is 0 Å². The molecule has 0 saturated carbocycles. The molecule has 2 atom stereocenters. The second-order valence-corrected chi connectivity index (χ2v) is 4.95. The predicted octanol–water partition coefficient (Wildman–Crippen LogP) is 2.87. The first kappa shape index (κ1) is 13.6. The van der Waals surface area contributed by atoms with Gasteiger partial charge in [-0.25, -0.2) is 4.39 Å². The van der Waals surface area contributed by atoms with Gasteiger partial charge in [0.2, 0.25) is 0 Å². The minimum atomic E-state index is -0.250. The third-order valence-corrected chi connectivity index (χ3v) is 3.14. The van der Waals surface area contributed by atoms with E-state index in [-0.39, 0.29) is 24.4 Å². The molecule has 1 aromatic rings. The van der Waals surface area contributed by atoms with Crippen LogP contribution < -0.4 is 5.32 Å². The number of hydrogen-bond acceptors (Lipinski definition) is 2. The van der Waals surface area contributed by atoms with Crippen molar-refractivity contribution in [3.05, 3.63) is 34.1 Å². The summed E-state index contributed by atoms with van der Waals surface area (Å²) in [4.78, 5) is 0. The normalized spacial score (nSPS) is 14.8. The van der Waals surface area contributed by atoms with Crippen LogP contribution in [0.2, 0.25) is 0 Å². The van der Waals surface area contributed by atoms with Gasteiger partial charge >= 0.3 is 0 Å². The second kappa shape index (κ2) is 6.33. The van der Waals surface area contributed by atoms with Crippen LogP contribution in [0.25, 0.3) is 0 Å². The number of aliphatic hydroxyl groups excluding tert-OH is 1. The summed E-state index contributed by atoms with van der Waals surface area (Å²) in [6, 6.07) is 5.14. The van der Waals surface area contributed by atoms with E-state index in [1.165, 1.54) is 6.07 Å². The zero-order chi connectivity index (χ0) is 12.1. The molecule has 0 aliphatic heterocycles. The maximum atomic E-state index is 13.0. The Bertz CT molecular complexity index is 346. The molecule has 90 valence electrons. The van der Waals surface area contributed by atoms with E-state index in [1.807, 2.05) is 13.8 Å². The number of rotatable bonds is 5. The Kier molecular flexibility index (Phi) is 5.38. The van der Waals surface area contributed by atoms with Crippen LogP contribution in [0.1, 0.15) is 25.5 Å². The lowest BCUT2D eigenvalue weighted by Gasteiger charge is -2.17. The van der Waals surface area contributed by atoms with Gasteiger partial charge in [-0.3, -0.25) is 0 Å². The quantitative estimate of drug-likeness (QED) is 0.874. The van der Waals surface area contributed by atoms with E-state index >= 15 is 0 Å². The SMILES string of the molecule is CC(CO)CNC(C)c1ccc(F)c(Br)c1. The largest absolute Gasteiger partial charge is 0.396 e. The topological polar surface area (TPSA) is 32.3 Å². The first-order valence-electron chi connectivity index (χ1n) is 5.33. The molecule has 0 amide bonds. The fourth-order valence-electron chi connectivity index (χ4n) is 1.34. The van der Waals surface area contributed by atoms with Crippen molar-refractivity contribution in [1.29, 1.82) is 0 Å². The van der Waals surface area contributed by atoms with Crippen LogP contribution in [0.3, 0.4) is 0 Å². The molecule has 0 heterocycles. The van der Waals surface area contributed by atoms with E-state index in [0.717, 1.165) is 12.1 Å². The maximum Gasteiger partial charge on any atom is 0.137 e. The van der Waals surface area contributed by atoms with Crippen molar-refractivity contribution in [3.8, 4) is 0 Å². The highest BCUT2D eigenvalue weighted by Gasteiger charge is 2.08. The van der Waals surface area contributed by atoms with Gasteiger partial charge in [-0.1, -0.05) is 13.0 Å². The minimum absolute atomic E-state index is 0.144. The Hall–Kier alpha value is -0.450. The summed E-state index contributed by atoms with van der Waals surface area (Å²) in [6.07, 6.45) is 0. The molecule has 0 radical (unpaired) electrons. The Balaban J connectivity index is 2.59. The summed E-state index contributed by atoms with van der Waals surface area (Å²) in [5.74, 6) is -0.0222. The van der Waals surface area contributed by atoms with Crippen molar-refractivity contribution in [2.75, 3.05) is 13.2 Å². The van der Waals surface area contributed by atoms with E-state index in [4.69, 9.17) is 5.11 Å². The Morgan fingerprint density at radius 3 is 2.69 bits per heavy atom. The molecule has 0 aliphatic carbocycles. The van der Waals surface area contributed by atoms with E-state index in [0.29, 0.717) is 4.47 Å². The lowest BCUT2D eigenvalue weighted by molar-refractivity contribution is 0.231. The van der Waals surface area contributed by atoms with Gasteiger partial charge in [0, 0.05) is 19.2 Å². The van der Waals surface area contributed by atoms with Crippen LogP contribution in [-0.2, 0) is 0 Å². The van der Waals surface area contributed by atoms with Crippen LogP contribution in [0, 0.1) is 11.7 Å².